The molecular weight excluding hydrogens is 304 g/mol. The highest BCUT2D eigenvalue weighted by molar-refractivity contribution is 5.08. The zero-order valence-corrected chi connectivity index (χ0v) is 14.1. The fourth-order valence-electron chi connectivity index (χ4n) is 3.93. The maximum Gasteiger partial charge on any atom is 0.0732 e. The van der Waals surface area contributed by atoms with Crippen molar-refractivity contribution in [1.82, 2.24) is 19.7 Å². The molecule has 2 saturated heterocycles. The minimum Gasteiger partial charge on any atom is -0.380 e. The van der Waals surface area contributed by atoms with E-state index in [0.29, 0.717) is 12.5 Å². The molecule has 0 spiro atoms. The van der Waals surface area contributed by atoms with Crippen LogP contribution in [-0.4, -0.2) is 52.6 Å². The molecule has 2 fully saturated rings. The first-order chi connectivity index (χ1) is 11.7. The smallest absolute Gasteiger partial charge is 0.0732 e. The molecule has 2 aliphatic rings. The van der Waals surface area contributed by atoms with Crippen molar-refractivity contribution < 1.29 is 9.47 Å². The van der Waals surface area contributed by atoms with Gasteiger partial charge in [0.15, 0.2) is 0 Å². The van der Waals surface area contributed by atoms with Gasteiger partial charge in [0, 0.05) is 62.2 Å². The molecule has 0 aliphatic carbocycles. The molecule has 0 saturated carbocycles. The van der Waals surface area contributed by atoms with Gasteiger partial charge in [0.05, 0.1) is 32.6 Å². The van der Waals surface area contributed by atoms with Gasteiger partial charge in [0.25, 0.3) is 0 Å². The summed E-state index contributed by atoms with van der Waals surface area (Å²) in [7, 11) is 1.96. The molecule has 2 aromatic heterocycles. The number of pyridine rings is 1. The van der Waals surface area contributed by atoms with E-state index in [4.69, 9.17) is 9.47 Å². The number of likely N-dealkylation sites (tertiary alicyclic amines) is 1. The number of nitrogens with zero attached hydrogens (tertiary/aromatic N) is 4. The fourth-order valence-corrected chi connectivity index (χ4v) is 3.93. The lowest BCUT2D eigenvalue weighted by atomic mass is 9.82. The van der Waals surface area contributed by atoms with Gasteiger partial charge in [-0.05, 0) is 11.6 Å². The van der Waals surface area contributed by atoms with Crippen molar-refractivity contribution in [3.63, 3.8) is 0 Å². The van der Waals surface area contributed by atoms with Gasteiger partial charge in [-0.1, -0.05) is 6.07 Å². The third kappa shape index (κ3) is 3.22. The number of rotatable bonds is 6. The zero-order chi connectivity index (χ0) is 16.4. The van der Waals surface area contributed by atoms with Crippen molar-refractivity contribution in [2.75, 3.05) is 32.9 Å². The van der Waals surface area contributed by atoms with Gasteiger partial charge in [0.1, 0.15) is 0 Å². The molecule has 6 heteroatoms. The Bertz CT molecular complexity index is 675. The van der Waals surface area contributed by atoms with Crippen LogP contribution in [-0.2, 0) is 29.7 Å². The lowest BCUT2D eigenvalue weighted by Gasteiger charge is -2.27. The average Bonchev–Trinajstić information content (AvgIpc) is 3.23. The summed E-state index contributed by atoms with van der Waals surface area (Å²) in [5.41, 5.74) is 2.52. The molecule has 0 amide bonds. The van der Waals surface area contributed by atoms with Gasteiger partial charge in [-0.15, -0.1) is 0 Å². The minimum atomic E-state index is 0.129. The largest absolute Gasteiger partial charge is 0.380 e. The molecule has 2 aliphatic heterocycles. The molecule has 0 bridgehead atoms. The summed E-state index contributed by atoms with van der Waals surface area (Å²) < 4.78 is 13.7. The van der Waals surface area contributed by atoms with Crippen molar-refractivity contribution in [2.45, 2.75) is 13.2 Å². The van der Waals surface area contributed by atoms with E-state index in [2.05, 4.69) is 27.2 Å². The Morgan fingerprint density at radius 3 is 3.12 bits per heavy atom. The normalized spacial score (nSPS) is 26.8. The van der Waals surface area contributed by atoms with Gasteiger partial charge >= 0.3 is 0 Å². The summed E-state index contributed by atoms with van der Waals surface area (Å²) in [6, 6.07) is 4.00. The fraction of sp³-hybridized carbons (Fsp3) is 0.556. The molecular formula is C18H24N4O2. The summed E-state index contributed by atoms with van der Waals surface area (Å²) in [4.78, 5) is 6.65. The highest BCUT2D eigenvalue weighted by Gasteiger charge is 2.50. The lowest BCUT2D eigenvalue weighted by molar-refractivity contribution is 0.0182. The second kappa shape index (κ2) is 6.63. The van der Waals surface area contributed by atoms with E-state index in [1.165, 1.54) is 5.56 Å². The van der Waals surface area contributed by atoms with Crippen LogP contribution in [0.3, 0.4) is 0 Å². The molecule has 0 N–H and O–H groups in total. The Labute approximate surface area is 142 Å². The van der Waals surface area contributed by atoms with Crippen molar-refractivity contribution in [3.8, 4) is 0 Å². The average molecular weight is 328 g/mol. The molecule has 2 atom stereocenters. The first kappa shape index (κ1) is 15.7. The van der Waals surface area contributed by atoms with E-state index in [1.54, 1.807) is 6.20 Å². The van der Waals surface area contributed by atoms with Gasteiger partial charge < -0.3 is 9.47 Å². The topological polar surface area (TPSA) is 52.4 Å². The first-order valence-corrected chi connectivity index (χ1v) is 8.48. The van der Waals surface area contributed by atoms with E-state index in [-0.39, 0.29) is 5.41 Å². The third-order valence-corrected chi connectivity index (χ3v) is 5.14. The molecule has 6 nitrogen and oxygen atoms in total. The first-order valence-electron chi connectivity index (χ1n) is 8.48. The zero-order valence-electron chi connectivity index (χ0n) is 14.1. The molecule has 0 unspecified atom stereocenters. The van der Waals surface area contributed by atoms with Gasteiger partial charge in [-0.3, -0.25) is 14.6 Å². The molecule has 2 aromatic rings. The van der Waals surface area contributed by atoms with Crippen LogP contribution in [0.1, 0.15) is 11.1 Å². The van der Waals surface area contributed by atoms with E-state index in [0.717, 1.165) is 45.0 Å². The standard InChI is InChI=1S/C18H24N4O2/c1-21-7-16(6-20-21)8-22-9-17-11-24-14-18(17,12-22)13-23-10-15-3-2-4-19-5-15/h2-7,17H,8-14H2,1H3/t17-,18-/m0/s1. The van der Waals surface area contributed by atoms with E-state index < -0.39 is 0 Å². The predicted octanol–water partition coefficient (Wildman–Crippen LogP) is 1.48. The van der Waals surface area contributed by atoms with Crippen LogP contribution < -0.4 is 0 Å². The van der Waals surface area contributed by atoms with E-state index >= 15 is 0 Å². The predicted molar refractivity (Wildman–Crippen MR) is 89.1 cm³/mol. The molecule has 128 valence electrons. The Balaban J connectivity index is 1.36. The maximum atomic E-state index is 6.05. The summed E-state index contributed by atoms with van der Waals surface area (Å²) >= 11 is 0. The van der Waals surface area contributed by atoms with E-state index in [9.17, 15) is 0 Å². The Morgan fingerprint density at radius 2 is 2.33 bits per heavy atom. The SMILES string of the molecule is Cn1cc(CN2C[C@H]3COC[C@@]3(COCc3cccnc3)C2)cn1. The molecule has 24 heavy (non-hydrogen) atoms. The summed E-state index contributed by atoms with van der Waals surface area (Å²) in [6.45, 7) is 6.06. The lowest BCUT2D eigenvalue weighted by Crippen LogP contribution is -2.35. The molecule has 4 rings (SSSR count). The number of hydrogen-bond donors (Lipinski definition) is 0. The second-order valence-electron chi connectivity index (χ2n) is 7.12. The van der Waals surface area contributed by atoms with Crippen LogP contribution in [0.2, 0.25) is 0 Å². The maximum absolute atomic E-state index is 6.05. The quantitative estimate of drug-likeness (QED) is 0.804. The van der Waals surface area contributed by atoms with E-state index in [1.807, 2.05) is 30.2 Å². The van der Waals surface area contributed by atoms with Crippen molar-refractivity contribution in [3.05, 3.63) is 48.0 Å². The van der Waals surface area contributed by atoms with Crippen LogP contribution in [0, 0.1) is 11.3 Å². The minimum absolute atomic E-state index is 0.129. The Hall–Kier alpha value is -1.76. The number of hydrogen-bond acceptors (Lipinski definition) is 5. The number of fused-ring (bicyclic) bond motifs is 1. The Morgan fingerprint density at radius 1 is 1.38 bits per heavy atom. The number of aromatic nitrogens is 3. The van der Waals surface area contributed by atoms with Crippen LogP contribution in [0.15, 0.2) is 36.9 Å². The summed E-state index contributed by atoms with van der Waals surface area (Å²) in [6.07, 6.45) is 7.70. The van der Waals surface area contributed by atoms with Gasteiger partial charge in [-0.2, -0.15) is 5.10 Å². The Kier molecular flexibility index (Phi) is 4.35. The van der Waals surface area contributed by atoms with Crippen LogP contribution >= 0.6 is 0 Å². The van der Waals surface area contributed by atoms with Crippen molar-refractivity contribution in [2.24, 2.45) is 18.4 Å². The number of ether oxygens (including phenoxy) is 2. The van der Waals surface area contributed by atoms with Gasteiger partial charge in [-0.25, -0.2) is 0 Å². The number of aryl methyl sites for hydroxylation is 1. The molecule has 4 heterocycles. The van der Waals surface area contributed by atoms with Crippen LogP contribution in [0.25, 0.3) is 0 Å². The van der Waals surface area contributed by atoms with Crippen molar-refractivity contribution >= 4 is 0 Å². The molecule has 0 radical (unpaired) electrons. The van der Waals surface area contributed by atoms with Crippen molar-refractivity contribution in [1.29, 1.82) is 0 Å². The third-order valence-electron chi connectivity index (χ3n) is 5.14. The van der Waals surface area contributed by atoms with Gasteiger partial charge in [0.2, 0.25) is 0 Å². The highest BCUT2D eigenvalue weighted by atomic mass is 16.5. The van der Waals surface area contributed by atoms with Crippen LogP contribution in [0.5, 0.6) is 0 Å². The summed E-state index contributed by atoms with van der Waals surface area (Å²) in [5.74, 6) is 0.558. The summed E-state index contributed by atoms with van der Waals surface area (Å²) in [5, 5.41) is 4.27. The van der Waals surface area contributed by atoms with Crippen LogP contribution in [0.4, 0.5) is 0 Å². The monoisotopic (exact) mass is 328 g/mol. The molecule has 0 aromatic carbocycles. The second-order valence-corrected chi connectivity index (χ2v) is 7.12. The highest BCUT2D eigenvalue weighted by Crippen LogP contribution is 2.42.